The Morgan fingerprint density at radius 3 is 2.96 bits per heavy atom. The van der Waals surface area contributed by atoms with Crippen LogP contribution in [0, 0.1) is 12.3 Å². The SMILES string of the molecule is B=C(N)N1CC=C(c2cc3c(Nc4cccc(C#C)c4)ccnc3[nH]2)CC1. The van der Waals surface area contributed by atoms with Crippen molar-refractivity contribution in [3.8, 4) is 12.3 Å². The third-order valence-electron chi connectivity index (χ3n) is 4.80. The van der Waals surface area contributed by atoms with Gasteiger partial charge in [-0.3, -0.25) is 0 Å². The Balaban J connectivity index is 1.65. The summed E-state index contributed by atoms with van der Waals surface area (Å²) in [6.07, 6.45) is 10.4. The quantitative estimate of drug-likeness (QED) is 0.497. The minimum absolute atomic E-state index is 0.615. The van der Waals surface area contributed by atoms with Crippen LogP contribution < -0.4 is 11.1 Å². The molecule has 4 rings (SSSR count). The van der Waals surface area contributed by atoms with Crippen LogP contribution in [0.15, 0.2) is 48.7 Å². The molecule has 27 heavy (non-hydrogen) atoms. The van der Waals surface area contributed by atoms with E-state index in [4.69, 9.17) is 12.2 Å². The molecular formula is C21H20BN5. The molecule has 0 atom stereocenters. The van der Waals surface area contributed by atoms with Crippen molar-refractivity contribution in [2.45, 2.75) is 6.42 Å². The predicted octanol–water partition coefficient (Wildman–Crippen LogP) is 2.32. The van der Waals surface area contributed by atoms with E-state index in [1.165, 1.54) is 5.57 Å². The van der Waals surface area contributed by atoms with E-state index >= 15 is 0 Å². The molecule has 1 aliphatic rings. The van der Waals surface area contributed by atoms with Crippen molar-refractivity contribution in [1.29, 1.82) is 0 Å². The zero-order valence-corrected chi connectivity index (χ0v) is 15.0. The predicted molar refractivity (Wildman–Crippen MR) is 114 cm³/mol. The standard InChI is InChI=1S/C21H20BN5/c1-2-14-4-3-5-16(12-14)25-18-6-9-24-20-17(18)13-19(26-20)15-7-10-27(11-8-15)21(22)23/h1,3-7,9,12-13,22H,8,10-11,23H2,(H2,24,25,26). The molecule has 3 aromatic rings. The van der Waals surface area contributed by atoms with Gasteiger partial charge in [0.05, 0.1) is 0 Å². The number of hydrogen-bond acceptors (Lipinski definition) is 4. The van der Waals surface area contributed by atoms with Crippen molar-refractivity contribution >= 4 is 41.2 Å². The summed E-state index contributed by atoms with van der Waals surface area (Å²) in [5.41, 5.74) is 12.4. The topological polar surface area (TPSA) is 70.0 Å². The molecule has 3 heterocycles. The molecule has 0 saturated heterocycles. The van der Waals surface area contributed by atoms with Gasteiger partial charge in [-0.1, -0.05) is 12.0 Å². The third kappa shape index (κ3) is 3.45. The van der Waals surface area contributed by atoms with Crippen LogP contribution in [-0.2, 0) is 0 Å². The van der Waals surface area contributed by atoms with Crippen molar-refractivity contribution in [3.05, 3.63) is 59.9 Å². The molecule has 5 nitrogen and oxygen atoms in total. The van der Waals surface area contributed by atoms with Gasteiger partial charge < -0.3 is 0 Å². The number of nitrogens with two attached hydrogens (primary N) is 1. The second-order valence-electron chi connectivity index (χ2n) is 6.57. The number of fused-ring (bicyclic) bond motifs is 1. The maximum atomic E-state index is 5.79. The fourth-order valence-corrected chi connectivity index (χ4v) is 3.33. The van der Waals surface area contributed by atoms with E-state index in [-0.39, 0.29) is 0 Å². The first-order chi connectivity index (χ1) is 13.1. The summed E-state index contributed by atoms with van der Waals surface area (Å²) in [6.45, 7) is 1.64. The zero-order chi connectivity index (χ0) is 18.8. The number of nitrogens with one attached hydrogen (secondary N) is 2. The molecule has 0 aliphatic carbocycles. The van der Waals surface area contributed by atoms with Crippen LogP contribution in [0.4, 0.5) is 11.4 Å². The summed E-state index contributed by atoms with van der Waals surface area (Å²) in [4.78, 5) is 9.98. The van der Waals surface area contributed by atoms with Gasteiger partial charge in [0.15, 0.2) is 0 Å². The molecule has 2 aromatic heterocycles. The Morgan fingerprint density at radius 2 is 2.22 bits per heavy atom. The van der Waals surface area contributed by atoms with Crippen LogP contribution in [0.5, 0.6) is 0 Å². The van der Waals surface area contributed by atoms with Crippen LogP contribution in [0.1, 0.15) is 17.7 Å². The molecule has 6 heteroatoms. The molecule has 0 spiro atoms. The number of benzene rings is 1. The summed E-state index contributed by atoms with van der Waals surface area (Å²) in [7, 11) is 3.81. The van der Waals surface area contributed by atoms with Crippen LogP contribution >= 0.6 is 0 Å². The van der Waals surface area contributed by atoms with E-state index in [0.29, 0.717) is 5.71 Å². The Bertz CT molecular complexity index is 1090. The van der Waals surface area contributed by atoms with Crippen molar-refractivity contribution in [3.63, 3.8) is 0 Å². The summed E-state index contributed by atoms with van der Waals surface area (Å²) < 4.78 is 0. The Labute approximate surface area is 159 Å². The van der Waals surface area contributed by atoms with Gasteiger partial charge in [0.25, 0.3) is 0 Å². The molecule has 4 N–H and O–H groups in total. The molecule has 1 aliphatic heterocycles. The number of aromatic amines is 1. The van der Waals surface area contributed by atoms with E-state index in [9.17, 15) is 0 Å². The van der Waals surface area contributed by atoms with Gasteiger partial charge in [-0.15, -0.1) is 6.42 Å². The molecule has 0 fully saturated rings. The van der Waals surface area contributed by atoms with Gasteiger partial charge in [-0.2, -0.15) is 0 Å². The molecular weight excluding hydrogens is 333 g/mol. The average Bonchev–Trinajstić information content (AvgIpc) is 3.13. The number of pyridine rings is 1. The van der Waals surface area contributed by atoms with Crippen LogP contribution in [-0.4, -0.2) is 41.2 Å². The molecule has 132 valence electrons. The second-order valence-corrected chi connectivity index (χ2v) is 6.57. The van der Waals surface area contributed by atoms with Crippen LogP contribution in [0.3, 0.4) is 0 Å². The van der Waals surface area contributed by atoms with E-state index in [1.807, 2.05) is 30.3 Å². The first-order valence-electron chi connectivity index (χ1n) is 8.84. The number of anilines is 2. The molecule has 0 saturated carbocycles. The Kier molecular flexibility index (Phi) is 4.43. The Hall–Kier alpha value is -3.46. The summed E-state index contributed by atoms with van der Waals surface area (Å²) >= 11 is 0. The number of nitrogens with zero attached hydrogens (tertiary/aromatic N) is 2. The van der Waals surface area contributed by atoms with Crippen molar-refractivity contribution in [1.82, 2.24) is 14.9 Å². The second kappa shape index (κ2) is 7.04. The zero-order valence-electron chi connectivity index (χ0n) is 15.0. The van der Waals surface area contributed by atoms with Crippen LogP contribution in [0.25, 0.3) is 16.6 Å². The molecule has 1 aromatic carbocycles. The Morgan fingerprint density at radius 1 is 1.33 bits per heavy atom. The number of terminal acetylenes is 1. The van der Waals surface area contributed by atoms with Gasteiger partial charge in [-0.05, 0) is 6.07 Å². The number of aromatic nitrogens is 2. The van der Waals surface area contributed by atoms with E-state index < -0.39 is 0 Å². The average molecular weight is 353 g/mol. The van der Waals surface area contributed by atoms with Gasteiger partial charge in [0.1, 0.15) is 0 Å². The number of H-pyrrole nitrogens is 1. The number of hydrogen-bond donors (Lipinski definition) is 3. The van der Waals surface area contributed by atoms with Crippen molar-refractivity contribution in [2.75, 3.05) is 18.4 Å². The normalized spacial score (nSPS) is 13.9. The summed E-state index contributed by atoms with van der Waals surface area (Å²) in [5, 5.41) is 4.49. The van der Waals surface area contributed by atoms with Gasteiger partial charge in [0.2, 0.25) is 0 Å². The molecule has 0 amide bonds. The minimum atomic E-state index is 0.615. The monoisotopic (exact) mass is 353 g/mol. The third-order valence-corrected chi connectivity index (χ3v) is 4.80. The molecule has 0 bridgehead atoms. The fourth-order valence-electron chi connectivity index (χ4n) is 3.33. The van der Waals surface area contributed by atoms with Gasteiger partial charge in [0, 0.05) is 5.56 Å². The van der Waals surface area contributed by atoms with Gasteiger partial charge in [-0.25, -0.2) is 0 Å². The van der Waals surface area contributed by atoms with Gasteiger partial charge >= 0.3 is 129 Å². The van der Waals surface area contributed by atoms with E-state index in [0.717, 1.165) is 53.2 Å². The van der Waals surface area contributed by atoms with Crippen molar-refractivity contribution < 1.29 is 0 Å². The number of rotatable bonds is 4. The fraction of sp³-hybridized carbons (Fsp3) is 0.143. The summed E-state index contributed by atoms with van der Waals surface area (Å²) in [5.74, 6) is 2.66. The first-order valence-corrected chi connectivity index (χ1v) is 8.84. The van der Waals surface area contributed by atoms with Crippen LogP contribution in [0.2, 0.25) is 0 Å². The summed E-state index contributed by atoms with van der Waals surface area (Å²) in [6, 6.07) is 11.9. The molecule has 0 radical (unpaired) electrons. The first kappa shape index (κ1) is 17.0. The van der Waals surface area contributed by atoms with E-state index in [2.05, 4.69) is 45.7 Å². The van der Waals surface area contributed by atoms with E-state index in [1.54, 1.807) is 6.20 Å². The van der Waals surface area contributed by atoms with Crippen molar-refractivity contribution in [2.24, 2.45) is 5.73 Å². The maximum absolute atomic E-state index is 5.79. The molecule has 0 unspecified atom stereocenters.